The summed E-state index contributed by atoms with van der Waals surface area (Å²) in [5.74, 6) is 0.0429. The van der Waals surface area contributed by atoms with E-state index >= 15 is 0 Å². The van der Waals surface area contributed by atoms with Gasteiger partial charge < -0.3 is 9.64 Å². The molecule has 172 valence electrons. The summed E-state index contributed by atoms with van der Waals surface area (Å²) >= 11 is 0. The monoisotopic (exact) mass is 452 g/mol. The maximum absolute atomic E-state index is 14.0. The van der Waals surface area contributed by atoms with Crippen molar-refractivity contribution in [2.45, 2.75) is 33.6 Å². The molecule has 5 heteroatoms. The van der Waals surface area contributed by atoms with E-state index in [9.17, 15) is 9.59 Å². The van der Waals surface area contributed by atoms with Crippen LogP contribution in [0.5, 0.6) is 5.75 Å². The Hall–Kier alpha value is -3.86. The molecular weight excluding hydrogens is 424 g/mol. The van der Waals surface area contributed by atoms with Crippen molar-refractivity contribution in [1.82, 2.24) is 0 Å². The third-order valence-corrected chi connectivity index (χ3v) is 6.42. The number of fused-ring (bicyclic) bond motifs is 1. The van der Waals surface area contributed by atoms with Gasteiger partial charge in [0.25, 0.3) is 11.8 Å². The number of hydrogen-bond donors (Lipinski definition) is 0. The molecule has 0 saturated carbocycles. The second-order valence-corrected chi connectivity index (χ2v) is 8.86. The second-order valence-electron chi connectivity index (χ2n) is 8.86. The third-order valence-electron chi connectivity index (χ3n) is 6.42. The topological polar surface area (TPSA) is 49.9 Å². The molecule has 0 aliphatic carbocycles. The highest BCUT2D eigenvalue weighted by Gasteiger charge is 2.44. The normalized spacial score (nSPS) is 15.4. The maximum atomic E-state index is 14.0. The molecule has 2 heterocycles. The highest BCUT2D eigenvalue weighted by Crippen LogP contribution is 2.41. The minimum absolute atomic E-state index is 0.302. The Morgan fingerprint density at radius 1 is 0.912 bits per heavy atom. The van der Waals surface area contributed by atoms with Crippen LogP contribution in [0.1, 0.15) is 35.6 Å². The number of ether oxygens (including phenoxy) is 1. The Labute approximate surface area is 200 Å². The zero-order chi connectivity index (χ0) is 23.8. The van der Waals surface area contributed by atoms with Gasteiger partial charge in [-0.15, -0.1) is 0 Å². The molecule has 0 spiro atoms. The summed E-state index contributed by atoms with van der Waals surface area (Å²) in [6.45, 7) is 7.30. The van der Waals surface area contributed by atoms with Crippen molar-refractivity contribution < 1.29 is 14.3 Å². The first kappa shape index (κ1) is 22.0. The summed E-state index contributed by atoms with van der Waals surface area (Å²) < 4.78 is 5.77. The zero-order valence-electron chi connectivity index (χ0n) is 19.8. The van der Waals surface area contributed by atoms with Crippen LogP contribution in [0.25, 0.3) is 5.57 Å². The predicted molar refractivity (Wildman–Crippen MR) is 135 cm³/mol. The maximum Gasteiger partial charge on any atom is 0.282 e. The summed E-state index contributed by atoms with van der Waals surface area (Å²) in [5.41, 5.74) is 6.48. The molecule has 0 fully saturated rings. The molecule has 3 aromatic rings. The highest BCUT2D eigenvalue weighted by molar-refractivity contribution is 6.46. The lowest BCUT2D eigenvalue weighted by Gasteiger charge is -2.22. The van der Waals surface area contributed by atoms with Crippen molar-refractivity contribution in [3.8, 4) is 5.75 Å². The summed E-state index contributed by atoms with van der Waals surface area (Å²) in [4.78, 5) is 31.2. The number of imide groups is 1. The fourth-order valence-corrected chi connectivity index (χ4v) is 4.84. The molecule has 2 aliphatic rings. The van der Waals surface area contributed by atoms with Gasteiger partial charge in [0.2, 0.25) is 0 Å². The number of carbonyl (C=O) groups is 2. The Bertz CT molecular complexity index is 1320. The van der Waals surface area contributed by atoms with E-state index < -0.39 is 0 Å². The fraction of sp³-hybridized carbons (Fsp3) is 0.241. The van der Waals surface area contributed by atoms with Crippen LogP contribution in [0.3, 0.4) is 0 Å². The lowest BCUT2D eigenvalue weighted by atomic mass is 9.97. The lowest BCUT2D eigenvalue weighted by Crippen LogP contribution is -2.34. The fourth-order valence-electron chi connectivity index (χ4n) is 4.84. The number of anilines is 2. The molecule has 5 rings (SSSR count). The number of nitrogens with zero attached hydrogens (tertiary/aromatic N) is 2. The molecule has 34 heavy (non-hydrogen) atoms. The van der Waals surface area contributed by atoms with Crippen LogP contribution < -0.4 is 14.5 Å². The molecule has 0 radical (unpaired) electrons. The van der Waals surface area contributed by atoms with Gasteiger partial charge in [-0.05, 0) is 61.6 Å². The largest absolute Gasteiger partial charge is 0.494 e. The smallest absolute Gasteiger partial charge is 0.282 e. The van der Waals surface area contributed by atoms with E-state index in [-0.39, 0.29) is 11.8 Å². The Morgan fingerprint density at radius 3 is 2.53 bits per heavy atom. The minimum atomic E-state index is -0.302. The average molecular weight is 453 g/mol. The zero-order valence-corrected chi connectivity index (χ0v) is 19.8. The van der Waals surface area contributed by atoms with E-state index in [0.717, 1.165) is 35.2 Å². The van der Waals surface area contributed by atoms with Gasteiger partial charge in [0, 0.05) is 18.3 Å². The molecule has 0 bridgehead atoms. The summed E-state index contributed by atoms with van der Waals surface area (Å²) in [6, 6.07) is 21.3. The summed E-state index contributed by atoms with van der Waals surface area (Å²) in [5, 5.41) is 0. The van der Waals surface area contributed by atoms with E-state index in [1.54, 1.807) is 12.1 Å². The molecule has 5 nitrogen and oxygen atoms in total. The van der Waals surface area contributed by atoms with Crippen LogP contribution in [0.4, 0.5) is 11.4 Å². The standard InChI is InChI=1S/C29H28N2O3/c1-4-16-34-23-10-7-9-22(18-23)31-28(32)26(24-13-12-19(2)17-20(24)3)27(29(31)33)30-15-14-21-8-5-6-11-25(21)30/h5-13,17-18H,4,14-16H2,1-3H3. The summed E-state index contributed by atoms with van der Waals surface area (Å²) in [7, 11) is 0. The van der Waals surface area contributed by atoms with Gasteiger partial charge >= 0.3 is 0 Å². The molecule has 2 aliphatic heterocycles. The molecular formula is C29H28N2O3. The minimum Gasteiger partial charge on any atom is -0.494 e. The molecule has 2 amide bonds. The number of para-hydroxylation sites is 1. The van der Waals surface area contributed by atoms with Crippen LogP contribution in [-0.4, -0.2) is 25.0 Å². The number of aryl methyl sites for hydroxylation is 2. The quantitative estimate of drug-likeness (QED) is 0.468. The Balaban J connectivity index is 1.65. The number of hydrogen-bond acceptors (Lipinski definition) is 4. The van der Waals surface area contributed by atoms with Crippen LogP contribution in [0, 0.1) is 13.8 Å². The van der Waals surface area contributed by atoms with Crippen molar-refractivity contribution in [1.29, 1.82) is 0 Å². The van der Waals surface area contributed by atoms with Crippen molar-refractivity contribution in [2.75, 3.05) is 23.0 Å². The summed E-state index contributed by atoms with van der Waals surface area (Å²) in [6.07, 6.45) is 1.71. The molecule has 0 N–H and O–H groups in total. The Morgan fingerprint density at radius 2 is 1.74 bits per heavy atom. The van der Waals surface area contributed by atoms with Crippen molar-refractivity contribution in [3.05, 3.63) is 94.7 Å². The molecule has 0 unspecified atom stereocenters. The molecule has 0 aromatic heterocycles. The van der Waals surface area contributed by atoms with E-state index in [4.69, 9.17) is 4.74 Å². The van der Waals surface area contributed by atoms with Gasteiger partial charge in [0.15, 0.2) is 0 Å². The molecule has 3 aromatic carbocycles. The van der Waals surface area contributed by atoms with Gasteiger partial charge in [0.1, 0.15) is 11.4 Å². The van der Waals surface area contributed by atoms with E-state index in [1.807, 2.05) is 68.1 Å². The SMILES string of the molecule is CCCOc1cccc(N2C(=O)C(c3ccc(C)cc3C)=C(N3CCc4ccccc43)C2=O)c1. The van der Waals surface area contributed by atoms with E-state index in [1.165, 1.54) is 10.5 Å². The van der Waals surface area contributed by atoms with E-state index in [2.05, 4.69) is 12.1 Å². The van der Waals surface area contributed by atoms with Gasteiger partial charge in [-0.3, -0.25) is 9.59 Å². The van der Waals surface area contributed by atoms with Crippen LogP contribution >= 0.6 is 0 Å². The van der Waals surface area contributed by atoms with Crippen molar-refractivity contribution in [3.63, 3.8) is 0 Å². The first-order chi connectivity index (χ1) is 16.5. The van der Waals surface area contributed by atoms with Gasteiger partial charge in [-0.25, -0.2) is 4.90 Å². The van der Waals surface area contributed by atoms with Gasteiger partial charge in [-0.1, -0.05) is 55.0 Å². The van der Waals surface area contributed by atoms with Gasteiger partial charge in [-0.2, -0.15) is 0 Å². The van der Waals surface area contributed by atoms with Crippen LogP contribution in [-0.2, 0) is 16.0 Å². The van der Waals surface area contributed by atoms with Gasteiger partial charge in [0.05, 0.1) is 17.9 Å². The van der Waals surface area contributed by atoms with Crippen LogP contribution in [0.2, 0.25) is 0 Å². The van der Waals surface area contributed by atoms with E-state index in [0.29, 0.717) is 35.9 Å². The second kappa shape index (κ2) is 8.82. The number of carbonyl (C=O) groups excluding carboxylic acids is 2. The Kier molecular flexibility index (Phi) is 5.70. The van der Waals surface area contributed by atoms with Crippen LogP contribution in [0.15, 0.2) is 72.4 Å². The predicted octanol–water partition coefficient (Wildman–Crippen LogP) is 5.44. The average Bonchev–Trinajstić information content (AvgIpc) is 3.36. The van der Waals surface area contributed by atoms with Crippen molar-refractivity contribution in [2.24, 2.45) is 0 Å². The molecule has 0 atom stereocenters. The first-order valence-corrected chi connectivity index (χ1v) is 11.8. The number of amides is 2. The molecule has 0 saturated heterocycles. The highest BCUT2D eigenvalue weighted by atomic mass is 16.5. The van der Waals surface area contributed by atoms with Crippen molar-refractivity contribution >= 4 is 28.8 Å². The first-order valence-electron chi connectivity index (χ1n) is 11.8. The lowest BCUT2D eigenvalue weighted by molar-refractivity contribution is -0.120. The third kappa shape index (κ3) is 3.67. The number of rotatable bonds is 6. The number of benzene rings is 3.